The van der Waals surface area contributed by atoms with Crippen molar-refractivity contribution in [1.29, 1.82) is 0 Å². The van der Waals surface area contributed by atoms with Crippen LogP contribution >= 0.6 is 0 Å². The number of aromatic nitrogens is 4. The second kappa shape index (κ2) is 7.81. The number of aliphatic hydroxyl groups excluding tert-OH is 2. The van der Waals surface area contributed by atoms with Gasteiger partial charge in [0.15, 0.2) is 23.5 Å². The van der Waals surface area contributed by atoms with Crippen molar-refractivity contribution in [3.8, 4) is 0 Å². The molecular formula is C17H23N7O5. The molecule has 2 aliphatic heterocycles. The number of allylic oxidation sites excluding steroid dienone is 1. The van der Waals surface area contributed by atoms with E-state index in [0.717, 1.165) is 25.0 Å². The molecule has 0 unspecified atom stereocenters. The first-order valence-corrected chi connectivity index (χ1v) is 9.31. The molecule has 2 fully saturated rings. The van der Waals surface area contributed by atoms with E-state index >= 15 is 0 Å². The molecule has 0 radical (unpaired) electrons. The number of fused-ring (bicyclic) bond motifs is 1. The minimum Gasteiger partial charge on any atom is -0.496 e. The third kappa shape index (κ3) is 3.69. The SMILES string of the molecule is CC(=O)[C@H]1O[C@@H](n2cnc3c(N)nc(NNC=C4CCCCO4)nc32)[C@H](O)[C@@H]1O. The van der Waals surface area contributed by atoms with Gasteiger partial charge in [-0.2, -0.15) is 9.97 Å². The summed E-state index contributed by atoms with van der Waals surface area (Å²) in [4.78, 5) is 24.3. The average molecular weight is 405 g/mol. The normalized spacial score (nSPS) is 28.4. The van der Waals surface area contributed by atoms with Gasteiger partial charge in [0.05, 0.1) is 19.1 Å². The number of nitrogens with two attached hydrogens (primary N) is 1. The van der Waals surface area contributed by atoms with E-state index in [1.807, 2.05) is 0 Å². The van der Waals surface area contributed by atoms with Gasteiger partial charge in [0.2, 0.25) is 5.95 Å². The summed E-state index contributed by atoms with van der Waals surface area (Å²) in [6.45, 7) is 1.98. The fourth-order valence-electron chi connectivity index (χ4n) is 3.38. The van der Waals surface area contributed by atoms with Crippen LogP contribution in [-0.2, 0) is 14.3 Å². The lowest BCUT2D eigenvalue weighted by Gasteiger charge is -2.17. The van der Waals surface area contributed by atoms with Gasteiger partial charge < -0.3 is 30.8 Å². The molecule has 2 saturated heterocycles. The Labute approximate surface area is 165 Å². The summed E-state index contributed by atoms with van der Waals surface area (Å²) in [7, 11) is 0. The highest BCUT2D eigenvalue weighted by atomic mass is 16.6. The third-order valence-corrected chi connectivity index (χ3v) is 4.88. The van der Waals surface area contributed by atoms with Crippen LogP contribution in [0, 0.1) is 0 Å². The zero-order chi connectivity index (χ0) is 20.5. The van der Waals surface area contributed by atoms with Gasteiger partial charge in [-0.05, 0) is 19.8 Å². The predicted molar refractivity (Wildman–Crippen MR) is 101 cm³/mol. The second-order valence-electron chi connectivity index (χ2n) is 6.98. The van der Waals surface area contributed by atoms with E-state index in [1.54, 1.807) is 6.20 Å². The molecule has 156 valence electrons. The fraction of sp³-hybridized carbons (Fsp3) is 0.529. The number of carbonyl (C=O) groups excluding carboxylic acids is 1. The molecule has 4 heterocycles. The maximum Gasteiger partial charge on any atom is 0.245 e. The van der Waals surface area contributed by atoms with E-state index in [0.29, 0.717) is 12.1 Å². The Morgan fingerprint density at radius 3 is 2.86 bits per heavy atom. The van der Waals surface area contributed by atoms with E-state index in [-0.39, 0.29) is 23.2 Å². The Balaban J connectivity index is 1.57. The van der Waals surface area contributed by atoms with Crippen LogP contribution in [0.4, 0.5) is 11.8 Å². The van der Waals surface area contributed by atoms with Gasteiger partial charge >= 0.3 is 0 Å². The van der Waals surface area contributed by atoms with Crippen molar-refractivity contribution in [3.63, 3.8) is 0 Å². The third-order valence-electron chi connectivity index (χ3n) is 4.88. The van der Waals surface area contributed by atoms with Crippen molar-refractivity contribution in [3.05, 3.63) is 18.3 Å². The van der Waals surface area contributed by atoms with Gasteiger partial charge in [-0.15, -0.1) is 0 Å². The first-order valence-electron chi connectivity index (χ1n) is 9.31. The minimum absolute atomic E-state index is 0.121. The number of hydrogen-bond acceptors (Lipinski definition) is 11. The number of hydrazine groups is 1. The first kappa shape index (κ1) is 19.4. The summed E-state index contributed by atoms with van der Waals surface area (Å²) in [6.07, 6.45) is 1.16. The molecule has 2 aliphatic rings. The average Bonchev–Trinajstić information content (AvgIpc) is 3.25. The van der Waals surface area contributed by atoms with Gasteiger partial charge in [-0.25, -0.2) is 4.98 Å². The van der Waals surface area contributed by atoms with Gasteiger partial charge in [0, 0.05) is 6.42 Å². The number of Topliss-reactive ketones (excluding diaryl/α,β-unsaturated/α-hetero) is 1. The molecule has 2 aromatic rings. The van der Waals surface area contributed by atoms with Crippen LogP contribution in [0.25, 0.3) is 11.2 Å². The molecule has 0 aliphatic carbocycles. The number of ether oxygens (including phenoxy) is 2. The summed E-state index contributed by atoms with van der Waals surface area (Å²) >= 11 is 0. The summed E-state index contributed by atoms with van der Waals surface area (Å²) < 4.78 is 12.5. The molecule has 4 atom stereocenters. The summed E-state index contributed by atoms with van der Waals surface area (Å²) in [5, 5.41) is 20.4. The Kier molecular flexibility index (Phi) is 5.22. The van der Waals surface area contributed by atoms with E-state index in [9.17, 15) is 15.0 Å². The molecule has 2 aromatic heterocycles. The highest BCUT2D eigenvalue weighted by Crippen LogP contribution is 2.32. The molecule has 0 spiro atoms. The lowest BCUT2D eigenvalue weighted by atomic mass is 10.1. The monoisotopic (exact) mass is 405 g/mol. The molecule has 12 nitrogen and oxygen atoms in total. The van der Waals surface area contributed by atoms with Gasteiger partial charge in [-0.3, -0.25) is 14.8 Å². The highest BCUT2D eigenvalue weighted by Gasteiger charge is 2.46. The van der Waals surface area contributed by atoms with Crippen molar-refractivity contribution in [2.75, 3.05) is 17.8 Å². The van der Waals surface area contributed by atoms with Crippen LogP contribution in [-0.4, -0.2) is 60.4 Å². The zero-order valence-electron chi connectivity index (χ0n) is 15.8. The quantitative estimate of drug-likeness (QED) is 0.409. The lowest BCUT2D eigenvalue weighted by Crippen LogP contribution is -2.34. The zero-order valence-corrected chi connectivity index (χ0v) is 15.8. The number of hydrogen-bond donors (Lipinski definition) is 5. The maximum atomic E-state index is 11.6. The van der Waals surface area contributed by atoms with Crippen LogP contribution in [0.1, 0.15) is 32.4 Å². The van der Waals surface area contributed by atoms with E-state index in [2.05, 4.69) is 25.8 Å². The second-order valence-corrected chi connectivity index (χ2v) is 6.98. The number of ketones is 1. The van der Waals surface area contributed by atoms with Crippen LogP contribution < -0.4 is 16.6 Å². The number of nitrogens with zero attached hydrogens (tertiary/aromatic N) is 4. The Hall–Kier alpha value is -2.96. The number of rotatable bonds is 5. The molecule has 0 bridgehead atoms. The van der Waals surface area contributed by atoms with Gasteiger partial charge in [0.25, 0.3) is 0 Å². The number of anilines is 2. The van der Waals surface area contributed by atoms with Crippen molar-refractivity contribution >= 4 is 28.7 Å². The maximum absolute atomic E-state index is 11.6. The van der Waals surface area contributed by atoms with Crippen molar-refractivity contribution in [2.24, 2.45) is 0 Å². The Morgan fingerprint density at radius 1 is 1.34 bits per heavy atom. The number of nitrogen functional groups attached to an aromatic ring is 1. The summed E-state index contributed by atoms with van der Waals surface area (Å²) in [5.74, 6) is 0.730. The van der Waals surface area contributed by atoms with Crippen molar-refractivity contribution < 1.29 is 24.5 Å². The van der Waals surface area contributed by atoms with E-state index < -0.39 is 24.5 Å². The summed E-state index contributed by atoms with van der Waals surface area (Å²) in [6, 6.07) is 0. The van der Waals surface area contributed by atoms with Gasteiger partial charge in [0.1, 0.15) is 29.6 Å². The van der Waals surface area contributed by atoms with Crippen LogP contribution in [0.3, 0.4) is 0 Å². The topological polar surface area (TPSA) is 170 Å². The molecular weight excluding hydrogens is 382 g/mol. The fourth-order valence-corrected chi connectivity index (χ4v) is 3.38. The van der Waals surface area contributed by atoms with Crippen molar-refractivity contribution in [1.82, 2.24) is 24.9 Å². The largest absolute Gasteiger partial charge is 0.496 e. The van der Waals surface area contributed by atoms with E-state index in [4.69, 9.17) is 15.2 Å². The van der Waals surface area contributed by atoms with Crippen LogP contribution in [0.2, 0.25) is 0 Å². The number of carbonyl (C=O) groups is 1. The Bertz CT molecular complexity index is 938. The predicted octanol–water partition coefficient (Wildman–Crippen LogP) is -0.425. The molecule has 12 heteroatoms. The van der Waals surface area contributed by atoms with Crippen molar-refractivity contribution in [2.45, 2.75) is 50.7 Å². The first-order chi connectivity index (χ1) is 14.0. The highest BCUT2D eigenvalue weighted by molar-refractivity contribution is 5.83. The lowest BCUT2D eigenvalue weighted by molar-refractivity contribution is -0.133. The molecule has 29 heavy (non-hydrogen) atoms. The number of imidazole rings is 1. The van der Waals surface area contributed by atoms with Crippen LogP contribution in [0.15, 0.2) is 18.3 Å². The number of aliphatic hydroxyl groups is 2. The van der Waals surface area contributed by atoms with E-state index in [1.165, 1.54) is 17.8 Å². The molecule has 4 rings (SSSR count). The molecule has 6 N–H and O–H groups in total. The smallest absolute Gasteiger partial charge is 0.245 e. The minimum atomic E-state index is -1.35. The standard InChI is InChI=1S/C17H23N7O5/c1-8(25)13-11(26)12(27)16(29-13)24-7-19-10-14(18)21-17(22-15(10)24)23-20-6-9-4-2-3-5-28-9/h6-7,11-13,16,20,26-27H,2-5H2,1H3,(H3,18,21,22,23)/t11-,12+,13+,16+/m0/s1. The Morgan fingerprint density at radius 2 is 2.17 bits per heavy atom. The molecule has 0 aromatic carbocycles. The van der Waals surface area contributed by atoms with Crippen LogP contribution in [0.5, 0.6) is 0 Å². The number of nitrogens with one attached hydrogen (secondary N) is 2. The molecule has 0 amide bonds. The molecule has 0 saturated carbocycles. The summed E-state index contributed by atoms with van der Waals surface area (Å²) in [5.41, 5.74) is 12.3. The van der Waals surface area contributed by atoms with Gasteiger partial charge in [-0.1, -0.05) is 0 Å².